The molecule has 0 fully saturated rings. The zero-order chi connectivity index (χ0) is 22.0. The number of nitrogens with zero attached hydrogens (tertiary/aromatic N) is 4. The monoisotopic (exact) mass is 421 g/mol. The molecular weight excluding hydrogens is 398 g/mol. The van der Waals surface area contributed by atoms with Crippen LogP contribution in [0.25, 0.3) is 11.4 Å². The van der Waals surface area contributed by atoms with E-state index in [4.69, 9.17) is 19.3 Å². The van der Waals surface area contributed by atoms with Crippen LogP contribution in [0.2, 0.25) is 0 Å². The van der Waals surface area contributed by atoms with Crippen LogP contribution in [0.4, 0.5) is 5.95 Å². The Kier molecular flexibility index (Phi) is 5.57. The van der Waals surface area contributed by atoms with Crippen LogP contribution in [0.15, 0.2) is 53.9 Å². The maximum absolute atomic E-state index is 12.8. The maximum atomic E-state index is 12.8. The summed E-state index contributed by atoms with van der Waals surface area (Å²) in [6.07, 6.45) is 1.68. The molecule has 0 bridgehead atoms. The number of fused-ring (bicyclic) bond motifs is 1. The molecule has 31 heavy (non-hydrogen) atoms. The van der Waals surface area contributed by atoms with Crippen molar-refractivity contribution in [2.75, 3.05) is 26.1 Å². The van der Waals surface area contributed by atoms with E-state index in [1.807, 2.05) is 37.3 Å². The highest BCUT2D eigenvalue weighted by atomic mass is 16.5. The third-order valence-electron chi connectivity index (χ3n) is 4.96. The summed E-state index contributed by atoms with van der Waals surface area (Å²) in [5, 5.41) is 7.88. The Morgan fingerprint density at radius 2 is 1.97 bits per heavy atom. The largest absolute Gasteiger partial charge is 0.493 e. The molecule has 160 valence electrons. The highest BCUT2D eigenvalue weighted by molar-refractivity contribution is 5.92. The Bertz CT molecular complexity index is 1140. The fourth-order valence-electron chi connectivity index (χ4n) is 3.53. The van der Waals surface area contributed by atoms with Crippen molar-refractivity contribution in [3.63, 3.8) is 0 Å². The highest BCUT2D eigenvalue weighted by Crippen LogP contribution is 2.37. The summed E-state index contributed by atoms with van der Waals surface area (Å²) in [4.78, 5) is 21.9. The number of esters is 1. The minimum absolute atomic E-state index is 0.270. The van der Waals surface area contributed by atoms with E-state index >= 15 is 0 Å². The van der Waals surface area contributed by atoms with Gasteiger partial charge in [-0.2, -0.15) is 4.98 Å². The third-order valence-corrected chi connectivity index (χ3v) is 4.96. The second kappa shape index (κ2) is 8.47. The van der Waals surface area contributed by atoms with E-state index in [1.54, 1.807) is 38.1 Å². The molecule has 0 spiro atoms. The van der Waals surface area contributed by atoms with Gasteiger partial charge in [0.15, 0.2) is 17.3 Å². The SMILES string of the molecule is CCOC(=O)C1=C(C)Nc2nc(-c3ccc(OC)c(OC)c3)nn2C1c1ccccn1. The Balaban J connectivity index is 1.83. The van der Waals surface area contributed by atoms with Crippen molar-refractivity contribution in [3.8, 4) is 22.9 Å². The Hall–Kier alpha value is -3.88. The van der Waals surface area contributed by atoms with Gasteiger partial charge in [0.1, 0.15) is 6.04 Å². The molecule has 1 aliphatic rings. The summed E-state index contributed by atoms with van der Waals surface area (Å²) < 4.78 is 17.7. The average Bonchev–Trinajstić information content (AvgIpc) is 3.21. The number of hydrogen-bond acceptors (Lipinski definition) is 8. The quantitative estimate of drug-likeness (QED) is 0.606. The van der Waals surface area contributed by atoms with Gasteiger partial charge in [-0.3, -0.25) is 4.98 Å². The molecule has 4 rings (SSSR count). The number of hydrogen-bond donors (Lipinski definition) is 1. The number of anilines is 1. The lowest BCUT2D eigenvalue weighted by Gasteiger charge is -2.27. The molecule has 0 saturated heterocycles. The van der Waals surface area contributed by atoms with Crippen molar-refractivity contribution < 1.29 is 19.0 Å². The van der Waals surface area contributed by atoms with Crippen LogP contribution in [0.5, 0.6) is 11.5 Å². The molecule has 1 atom stereocenters. The van der Waals surface area contributed by atoms with Gasteiger partial charge in [-0.25, -0.2) is 9.48 Å². The number of aromatic nitrogens is 4. The van der Waals surface area contributed by atoms with Crippen molar-refractivity contribution in [2.45, 2.75) is 19.9 Å². The van der Waals surface area contributed by atoms with E-state index in [9.17, 15) is 4.79 Å². The van der Waals surface area contributed by atoms with Crippen LogP contribution < -0.4 is 14.8 Å². The normalized spacial score (nSPS) is 15.2. The minimum atomic E-state index is -0.571. The number of carbonyl (C=O) groups excluding carboxylic acids is 1. The van der Waals surface area contributed by atoms with Gasteiger partial charge in [0, 0.05) is 17.5 Å². The van der Waals surface area contributed by atoms with E-state index in [2.05, 4.69) is 15.3 Å². The van der Waals surface area contributed by atoms with Crippen LogP contribution in [-0.4, -0.2) is 46.5 Å². The van der Waals surface area contributed by atoms with E-state index in [0.717, 1.165) is 5.56 Å². The first-order valence-corrected chi connectivity index (χ1v) is 9.82. The summed E-state index contributed by atoms with van der Waals surface area (Å²) in [5.41, 5.74) is 2.50. The summed E-state index contributed by atoms with van der Waals surface area (Å²) in [6, 6.07) is 10.4. The van der Waals surface area contributed by atoms with Gasteiger partial charge in [-0.1, -0.05) is 6.07 Å². The van der Waals surface area contributed by atoms with Crippen LogP contribution >= 0.6 is 0 Å². The molecule has 1 unspecified atom stereocenters. The first kappa shape index (κ1) is 20.4. The number of methoxy groups -OCH3 is 2. The summed E-state index contributed by atoms with van der Waals surface area (Å²) in [7, 11) is 3.16. The summed E-state index contributed by atoms with van der Waals surface area (Å²) in [6.45, 7) is 3.86. The van der Waals surface area contributed by atoms with Crippen molar-refractivity contribution in [1.29, 1.82) is 0 Å². The molecule has 3 heterocycles. The lowest BCUT2D eigenvalue weighted by Crippen LogP contribution is -2.30. The first-order valence-electron chi connectivity index (χ1n) is 9.82. The lowest BCUT2D eigenvalue weighted by atomic mass is 10.00. The molecule has 1 aromatic carbocycles. The summed E-state index contributed by atoms with van der Waals surface area (Å²) in [5.74, 6) is 1.75. The van der Waals surface area contributed by atoms with Crippen LogP contribution in [-0.2, 0) is 9.53 Å². The number of nitrogens with one attached hydrogen (secondary N) is 1. The van der Waals surface area contributed by atoms with Gasteiger partial charge < -0.3 is 19.5 Å². The molecule has 3 aromatic rings. The second-order valence-corrected chi connectivity index (χ2v) is 6.81. The molecule has 1 N–H and O–H groups in total. The van der Waals surface area contributed by atoms with E-state index in [0.29, 0.717) is 40.2 Å². The number of benzene rings is 1. The van der Waals surface area contributed by atoms with Crippen molar-refractivity contribution in [3.05, 3.63) is 59.6 Å². The topological polar surface area (TPSA) is 100 Å². The van der Waals surface area contributed by atoms with Gasteiger partial charge in [-0.05, 0) is 44.2 Å². The van der Waals surface area contributed by atoms with Crippen LogP contribution in [0.3, 0.4) is 0 Å². The van der Waals surface area contributed by atoms with Gasteiger partial charge in [-0.15, -0.1) is 5.10 Å². The molecule has 0 saturated carbocycles. The number of carbonyl (C=O) groups is 1. The van der Waals surface area contributed by atoms with Gasteiger partial charge in [0.25, 0.3) is 0 Å². The first-order chi connectivity index (χ1) is 15.1. The second-order valence-electron chi connectivity index (χ2n) is 6.81. The van der Waals surface area contributed by atoms with E-state index in [-0.39, 0.29) is 6.61 Å². The number of pyridine rings is 1. The maximum Gasteiger partial charge on any atom is 0.338 e. The Labute approximate surface area is 179 Å². The predicted octanol–water partition coefficient (Wildman–Crippen LogP) is 3.21. The molecule has 1 aliphatic heterocycles. The van der Waals surface area contributed by atoms with Crippen molar-refractivity contribution in [1.82, 2.24) is 19.7 Å². The van der Waals surface area contributed by atoms with Crippen LogP contribution in [0, 0.1) is 0 Å². The van der Waals surface area contributed by atoms with Gasteiger partial charge >= 0.3 is 5.97 Å². The van der Waals surface area contributed by atoms with Gasteiger partial charge in [0.05, 0.1) is 32.1 Å². The van der Waals surface area contributed by atoms with Crippen LogP contribution in [0.1, 0.15) is 25.6 Å². The number of rotatable bonds is 6. The van der Waals surface area contributed by atoms with E-state index in [1.165, 1.54) is 0 Å². The summed E-state index contributed by atoms with van der Waals surface area (Å²) >= 11 is 0. The van der Waals surface area contributed by atoms with Crippen molar-refractivity contribution >= 4 is 11.9 Å². The molecule has 9 nitrogen and oxygen atoms in total. The number of allylic oxidation sites excluding steroid dienone is 1. The lowest BCUT2D eigenvalue weighted by molar-refractivity contribution is -0.139. The molecule has 9 heteroatoms. The van der Waals surface area contributed by atoms with E-state index < -0.39 is 12.0 Å². The fourth-order valence-corrected chi connectivity index (χ4v) is 3.53. The molecular formula is C22H23N5O4. The number of ether oxygens (including phenoxy) is 3. The Morgan fingerprint density at radius 1 is 1.16 bits per heavy atom. The van der Waals surface area contributed by atoms with Crippen molar-refractivity contribution in [2.24, 2.45) is 0 Å². The molecule has 2 aromatic heterocycles. The predicted molar refractivity (Wildman–Crippen MR) is 114 cm³/mol. The highest BCUT2D eigenvalue weighted by Gasteiger charge is 2.36. The zero-order valence-electron chi connectivity index (χ0n) is 17.7. The fraction of sp³-hybridized carbons (Fsp3) is 0.273. The third kappa shape index (κ3) is 3.70. The van der Waals surface area contributed by atoms with Gasteiger partial charge in [0.2, 0.25) is 5.95 Å². The molecule has 0 radical (unpaired) electrons. The molecule has 0 amide bonds. The minimum Gasteiger partial charge on any atom is -0.493 e. The smallest absolute Gasteiger partial charge is 0.338 e. The Morgan fingerprint density at radius 3 is 2.65 bits per heavy atom. The molecule has 0 aliphatic carbocycles. The standard InChI is InChI=1S/C22H23N5O4/c1-5-31-21(28)18-13(2)24-22-25-20(14-9-10-16(29-3)17(12-14)30-4)26-27(22)19(18)15-8-6-7-11-23-15/h6-12,19H,5H2,1-4H3,(H,24,25,26). The average molecular weight is 421 g/mol. The zero-order valence-corrected chi connectivity index (χ0v) is 17.7.